The largest absolute Gasteiger partial charge is 0.364 e. The van der Waals surface area contributed by atoms with Crippen LogP contribution in [-0.2, 0) is 4.79 Å². The third kappa shape index (κ3) is 6.28. The highest BCUT2D eigenvalue weighted by molar-refractivity contribution is 8.14. The van der Waals surface area contributed by atoms with Crippen LogP contribution in [0.15, 0.2) is 4.99 Å². The summed E-state index contributed by atoms with van der Waals surface area (Å²) in [5.74, 6) is 0.837. The molecule has 1 aliphatic heterocycles. The van der Waals surface area contributed by atoms with Gasteiger partial charge in [0.1, 0.15) is 0 Å². The second-order valence-corrected chi connectivity index (χ2v) is 6.33. The van der Waals surface area contributed by atoms with Crippen LogP contribution in [0.4, 0.5) is 0 Å². The summed E-state index contributed by atoms with van der Waals surface area (Å²) in [6, 6.07) is 0. The average molecular weight is 271 g/mol. The fourth-order valence-electron chi connectivity index (χ4n) is 1.80. The Morgan fingerprint density at radius 1 is 1.50 bits per heavy atom. The summed E-state index contributed by atoms with van der Waals surface area (Å²) in [6.45, 7) is 8.89. The standard InChI is InChI=1S/C13H25N3OS/c1-4-6-14-12(17)5-7-15-13-16-9-11(18-13)8-10(2)3/h10-11H,4-9H2,1-3H3,(H,14,17)(H,15,16). The Balaban J connectivity index is 2.09. The van der Waals surface area contributed by atoms with E-state index in [1.807, 2.05) is 11.8 Å². The molecule has 18 heavy (non-hydrogen) atoms. The quantitative estimate of drug-likeness (QED) is 0.745. The van der Waals surface area contributed by atoms with Crippen LogP contribution in [0.3, 0.4) is 0 Å². The Morgan fingerprint density at radius 3 is 2.94 bits per heavy atom. The Morgan fingerprint density at radius 2 is 2.28 bits per heavy atom. The Kier molecular flexibility index (Phi) is 7.16. The van der Waals surface area contributed by atoms with Crippen molar-refractivity contribution in [1.29, 1.82) is 0 Å². The zero-order valence-corrected chi connectivity index (χ0v) is 12.5. The number of rotatable bonds is 7. The normalized spacial score (nSPS) is 18.9. The second kappa shape index (κ2) is 8.40. The lowest BCUT2D eigenvalue weighted by Crippen LogP contribution is -2.29. The third-order valence-electron chi connectivity index (χ3n) is 2.65. The first kappa shape index (κ1) is 15.3. The second-order valence-electron chi connectivity index (χ2n) is 5.04. The lowest BCUT2D eigenvalue weighted by Gasteiger charge is -2.11. The van der Waals surface area contributed by atoms with E-state index in [0.717, 1.165) is 30.6 Å². The van der Waals surface area contributed by atoms with Crippen molar-refractivity contribution in [3.05, 3.63) is 0 Å². The highest BCUT2D eigenvalue weighted by Gasteiger charge is 2.20. The van der Waals surface area contributed by atoms with E-state index in [2.05, 4.69) is 36.4 Å². The molecule has 104 valence electrons. The number of amidine groups is 1. The molecule has 0 aliphatic carbocycles. The van der Waals surface area contributed by atoms with Gasteiger partial charge in [-0.1, -0.05) is 32.5 Å². The van der Waals surface area contributed by atoms with Gasteiger partial charge >= 0.3 is 0 Å². The molecular weight excluding hydrogens is 246 g/mol. The first-order valence-electron chi connectivity index (χ1n) is 6.83. The predicted molar refractivity (Wildman–Crippen MR) is 79.1 cm³/mol. The Hall–Kier alpha value is -0.710. The molecule has 1 aliphatic rings. The molecule has 1 atom stereocenters. The fourth-order valence-corrected chi connectivity index (χ4v) is 3.08. The van der Waals surface area contributed by atoms with E-state index in [9.17, 15) is 4.79 Å². The SMILES string of the molecule is CCCNC(=O)CCNC1=NCC(CC(C)C)S1. The Labute approximate surface area is 114 Å². The van der Waals surface area contributed by atoms with Crippen molar-refractivity contribution >= 4 is 22.8 Å². The summed E-state index contributed by atoms with van der Waals surface area (Å²) in [4.78, 5) is 15.9. The van der Waals surface area contributed by atoms with Crippen LogP contribution in [0, 0.1) is 5.92 Å². The van der Waals surface area contributed by atoms with E-state index in [1.54, 1.807) is 0 Å². The molecule has 0 saturated carbocycles. The summed E-state index contributed by atoms with van der Waals surface area (Å²) in [7, 11) is 0. The van der Waals surface area contributed by atoms with Gasteiger partial charge in [0.15, 0.2) is 5.17 Å². The molecular formula is C13H25N3OS. The first-order valence-corrected chi connectivity index (χ1v) is 7.71. The molecule has 0 spiro atoms. The molecule has 1 amide bonds. The molecule has 0 aromatic heterocycles. The van der Waals surface area contributed by atoms with Gasteiger partial charge in [0, 0.05) is 24.8 Å². The fraction of sp³-hybridized carbons (Fsp3) is 0.846. The van der Waals surface area contributed by atoms with Crippen molar-refractivity contribution < 1.29 is 4.79 Å². The highest BCUT2D eigenvalue weighted by Crippen LogP contribution is 2.25. The van der Waals surface area contributed by atoms with Gasteiger partial charge in [0.25, 0.3) is 0 Å². The highest BCUT2D eigenvalue weighted by atomic mass is 32.2. The number of hydrogen-bond acceptors (Lipinski definition) is 4. The average Bonchev–Trinajstić information content (AvgIpc) is 2.73. The molecule has 1 unspecified atom stereocenters. The van der Waals surface area contributed by atoms with Crippen LogP contribution in [0.2, 0.25) is 0 Å². The van der Waals surface area contributed by atoms with Crippen LogP contribution in [0.25, 0.3) is 0 Å². The molecule has 0 aromatic rings. The van der Waals surface area contributed by atoms with Gasteiger partial charge in [-0.25, -0.2) is 0 Å². The topological polar surface area (TPSA) is 53.5 Å². The van der Waals surface area contributed by atoms with Crippen molar-refractivity contribution in [1.82, 2.24) is 10.6 Å². The van der Waals surface area contributed by atoms with Crippen molar-refractivity contribution in [2.75, 3.05) is 19.6 Å². The van der Waals surface area contributed by atoms with Gasteiger partial charge in [-0.05, 0) is 18.8 Å². The molecule has 4 nitrogen and oxygen atoms in total. The minimum Gasteiger partial charge on any atom is -0.364 e. The monoisotopic (exact) mass is 271 g/mol. The molecule has 0 aromatic carbocycles. The van der Waals surface area contributed by atoms with E-state index in [0.29, 0.717) is 18.2 Å². The molecule has 5 heteroatoms. The van der Waals surface area contributed by atoms with E-state index in [1.165, 1.54) is 6.42 Å². The van der Waals surface area contributed by atoms with Crippen LogP contribution < -0.4 is 10.6 Å². The number of carbonyl (C=O) groups is 1. The summed E-state index contributed by atoms with van der Waals surface area (Å²) < 4.78 is 0. The number of aliphatic imine (C=N–C) groups is 1. The van der Waals surface area contributed by atoms with Crippen LogP contribution >= 0.6 is 11.8 Å². The predicted octanol–water partition coefficient (Wildman–Crippen LogP) is 2.01. The van der Waals surface area contributed by atoms with Gasteiger partial charge in [-0.2, -0.15) is 0 Å². The van der Waals surface area contributed by atoms with Crippen molar-refractivity contribution in [3.63, 3.8) is 0 Å². The van der Waals surface area contributed by atoms with Gasteiger partial charge in [-0.3, -0.25) is 9.79 Å². The summed E-state index contributed by atoms with van der Waals surface area (Å²) in [5, 5.41) is 7.73. The minimum atomic E-state index is 0.117. The number of nitrogens with one attached hydrogen (secondary N) is 2. The minimum absolute atomic E-state index is 0.117. The number of carbonyl (C=O) groups excluding carboxylic acids is 1. The summed E-state index contributed by atoms with van der Waals surface area (Å²) >= 11 is 1.82. The molecule has 1 rings (SSSR count). The maximum absolute atomic E-state index is 11.4. The van der Waals surface area contributed by atoms with E-state index < -0.39 is 0 Å². The zero-order chi connectivity index (χ0) is 13.4. The molecule has 0 radical (unpaired) electrons. The molecule has 0 bridgehead atoms. The number of hydrogen-bond donors (Lipinski definition) is 2. The van der Waals surface area contributed by atoms with Crippen LogP contribution in [0.1, 0.15) is 40.0 Å². The van der Waals surface area contributed by atoms with Gasteiger partial charge in [-0.15, -0.1) is 0 Å². The smallest absolute Gasteiger partial charge is 0.221 e. The molecule has 2 N–H and O–H groups in total. The van der Waals surface area contributed by atoms with Gasteiger partial charge in [0.2, 0.25) is 5.91 Å². The van der Waals surface area contributed by atoms with Crippen molar-refractivity contribution in [2.24, 2.45) is 10.9 Å². The van der Waals surface area contributed by atoms with Crippen molar-refractivity contribution in [2.45, 2.75) is 45.3 Å². The van der Waals surface area contributed by atoms with E-state index in [-0.39, 0.29) is 5.91 Å². The third-order valence-corrected chi connectivity index (χ3v) is 3.82. The summed E-state index contributed by atoms with van der Waals surface area (Å²) in [6.07, 6.45) is 2.71. The van der Waals surface area contributed by atoms with Gasteiger partial charge < -0.3 is 10.6 Å². The lowest BCUT2D eigenvalue weighted by atomic mass is 10.1. The van der Waals surface area contributed by atoms with Crippen LogP contribution in [-0.4, -0.2) is 36.0 Å². The number of amides is 1. The number of nitrogens with zero attached hydrogens (tertiary/aromatic N) is 1. The first-order chi connectivity index (χ1) is 8.61. The van der Waals surface area contributed by atoms with E-state index >= 15 is 0 Å². The maximum Gasteiger partial charge on any atom is 0.221 e. The maximum atomic E-state index is 11.4. The zero-order valence-electron chi connectivity index (χ0n) is 11.7. The number of thioether (sulfide) groups is 1. The molecule has 1 heterocycles. The summed E-state index contributed by atoms with van der Waals surface area (Å²) in [5.41, 5.74) is 0. The van der Waals surface area contributed by atoms with E-state index in [4.69, 9.17) is 0 Å². The Bertz CT molecular complexity index is 292. The van der Waals surface area contributed by atoms with Crippen molar-refractivity contribution in [3.8, 4) is 0 Å². The molecule has 0 fully saturated rings. The lowest BCUT2D eigenvalue weighted by molar-refractivity contribution is -0.120. The molecule has 0 saturated heterocycles. The van der Waals surface area contributed by atoms with Crippen LogP contribution in [0.5, 0.6) is 0 Å². The van der Waals surface area contributed by atoms with Gasteiger partial charge in [0.05, 0.1) is 6.54 Å².